The number of rotatable bonds is 4. The van der Waals surface area contributed by atoms with Crippen LogP contribution in [0.3, 0.4) is 0 Å². The molecule has 0 unspecified atom stereocenters. The molecule has 0 aliphatic heterocycles. The summed E-state index contributed by atoms with van der Waals surface area (Å²) in [5, 5.41) is 15.6. The molecule has 2 rings (SSSR count). The van der Waals surface area contributed by atoms with Gasteiger partial charge < -0.3 is 5.11 Å². The fourth-order valence-electron chi connectivity index (χ4n) is 2.28. The van der Waals surface area contributed by atoms with Gasteiger partial charge in [-0.3, -0.25) is 9.89 Å². The summed E-state index contributed by atoms with van der Waals surface area (Å²) >= 11 is 0. The molecule has 0 aliphatic rings. The minimum Gasteiger partial charge on any atom is -0.481 e. The van der Waals surface area contributed by atoms with Crippen LogP contribution in [0.25, 0.3) is 11.4 Å². The molecule has 0 spiro atoms. The van der Waals surface area contributed by atoms with Gasteiger partial charge in [-0.2, -0.15) is 5.10 Å². The molecule has 0 radical (unpaired) electrons. The van der Waals surface area contributed by atoms with Crippen LogP contribution in [0.5, 0.6) is 0 Å². The van der Waals surface area contributed by atoms with E-state index in [0.717, 1.165) is 16.7 Å². The van der Waals surface area contributed by atoms with Crippen LogP contribution >= 0.6 is 0 Å². The number of aromatic amines is 1. The van der Waals surface area contributed by atoms with Crippen LogP contribution < -0.4 is 0 Å². The van der Waals surface area contributed by atoms with Gasteiger partial charge in [0.2, 0.25) is 0 Å². The molecule has 2 N–H and O–H groups in total. The first kappa shape index (κ1) is 13.3. The van der Waals surface area contributed by atoms with E-state index in [1.807, 2.05) is 13.8 Å². The molecule has 19 heavy (non-hydrogen) atoms. The van der Waals surface area contributed by atoms with Crippen LogP contribution in [-0.2, 0) is 11.2 Å². The van der Waals surface area contributed by atoms with E-state index in [2.05, 4.69) is 34.2 Å². The Morgan fingerprint density at radius 2 is 1.89 bits per heavy atom. The van der Waals surface area contributed by atoms with Gasteiger partial charge in [-0.25, -0.2) is 4.98 Å². The van der Waals surface area contributed by atoms with Gasteiger partial charge in [-0.15, -0.1) is 0 Å². The van der Waals surface area contributed by atoms with Gasteiger partial charge in [0.25, 0.3) is 0 Å². The smallest absolute Gasteiger partial charge is 0.303 e. The number of carboxylic acid groups (broad SMARTS) is 1. The van der Waals surface area contributed by atoms with Crippen LogP contribution in [0.4, 0.5) is 0 Å². The van der Waals surface area contributed by atoms with E-state index in [9.17, 15) is 4.79 Å². The largest absolute Gasteiger partial charge is 0.481 e. The number of nitrogens with one attached hydrogen (secondary N) is 1. The number of hydrogen-bond donors (Lipinski definition) is 2. The molecular weight excluding hydrogens is 242 g/mol. The number of aliphatic carboxylic acids is 1. The van der Waals surface area contributed by atoms with Gasteiger partial charge in [0.1, 0.15) is 5.82 Å². The Bertz CT molecular complexity index is 594. The van der Waals surface area contributed by atoms with Crippen molar-refractivity contribution in [2.75, 3.05) is 0 Å². The van der Waals surface area contributed by atoms with Crippen molar-refractivity contribution in [3.63, 3.8) is 0 Å². The molecule has 0 aliphatic carbocycles. The average Bonchev–Trinajstić information content (AvgIpc) is 2.73. The molecule has 0 atom stereocenters. The summed E-state index contributed by atoms with van der Waals surface area (Å²) in [5.74, 6) is 0.410. The molecule has 0 saturated carbocycles. The molecule has 100 valence electrons. The predicted octanol–water partition coefficient (Wildman–Crippen LogP) is 2.41. The number of aryl methyl sites for hydroxylation is 4. The first-order chi connectivity index (χ1) is 8.97. The Morgan fingerprint density at radius 1 is 1.26 bits per heavy atom. The van der Waals surface area contributed by atoms with Crippen molar-refractivity contribution in [3.05, 3.63) is 34.6 Å². The molecule has 1 aromatic heterocycles. The van der Waals surface area contributed by atoms with E-state index in [4.69, 9.17) is 5.11 Å². The minimum absolute atomic E-state index is 0.0560. The summed E-state index contributed by atoms with van der Waals surface area (Å²) in [4.78, 5) is 14.9. The Hall–Kier alpha value is -2.17. The number of carbonyl (C=O) groups is 1. The van der Waals surface area contributed by atoms with Crippen LogP contribution in [0, 0.1) is 20.8 Å². The lowest BCUT2D eigenvalue weighted by molar-refractivity contribution is -0.137. The zero-order chi connectivity index (χ0) is 14.0. The highest BCUT2D eigenvalue weighted by Crippen LogP contribution is 2.25. The van der Waals surface area contributed by atoms with Crippen LogP contribution in [0.1, 0.15) is 28.9 Å². The lowest BCUT2D eigenvalue weighted by Crippen LogP contribution is -1.98. The highest BCUT2D eigenvalue weighted by Gasteiger charge is 2.12. The number of H-pyrrole nitrogens is 1. The second kappa shape index (κ2) is 5.22. The van der Waals surface area contributed by atoms with Gasteiger partial charge >= 0.3 is 5.97 Å². The highest BCUT2D eigenvalue weighted by molar-refractivity contribution is 5.67. The third kappa shape index (κ3) is 2.99. The number of hydrogen-bond acceptors (Lipinski definition) is 3. The summed E-state index contributed by atoms with van der Waals surface area (Å²) < 4.78 is 0. The average molecular weight is 259 g/mol. The number of aromatic nitrogens is 3. The molecule has 5 heteroatoms. The lowest BCUT2D eigenvalue weighted by atomic mass is 9.99. The van der Waals surface area contributed by atoms with Crippen LogP contribution in [0.15, 0.2) is 12.1 Å². The van der Waals surface area contributed by atoms with E-state index in [-0.39, 0.29) is 6.42 Å². The maximum absolute atomic E-state index is 10.5. The van der Waals surface area contributed by atoms with Gasteiger partial charge in [0, 0.05) is 12.0 Å². The quantitative estimate of drug-likeness (QED) is 0.883. The Morgan fingerprint density at radius 3 is 2.47 bits per heavy atom. The SMILES string of the molecule is Cc1cc(C)c(-c2n[nH]c(CCC(=O)O)n2)c(C)c1. The normalized spacial score (nSPS) is 10.7. The van der Waals surface area contributed by atoms with Crippen LogP contribution in [-0.4, -0.2) is 26.3 Å². The number of carboxylic acids is 1. The second-order valence-corrected chi connectivity index (χ2v) is 4.77. The van der Waals surface area contributed by atoms with E-state index >= 15 is 0 Å². The van der Waals surface area contributed by atoms with Crippen molar-refractivity contribution in [3.8, 4) is 11.4 Å². The first-order valence-electron chi connectivity index (χ1n) is 6.18. The summed E-state index contributed by atoms with van der Waals surface area (Å²) in [6.45, 7) is 6.12. The van der Waals surface area contributed by atoms with Crippen molar-refractivity contribution >= 4 is 5.97 Å². The Balaban J connectivity index is 2.30. The molecule has 2 aromatic rings. The molecule has 1 heterocycles. The maximum Gasteiger partial charge on any atom is 0.303 e. The highest BCUT2D eigenvalue weighted by atomic mass is 16.4. The Labute approximate surface area is 111 Å². The van der Waals surface area contributed by atoms with Gasteiger partial charge in [-0.1, -0.05) is 17.7 Å². The van der Waals surface area contributed by atoms with Crippen molar-refractivity contribution in [2.24, 2.45) is 0 Å². The number of benzene rings is 1. The third-order valence-corrected chi connectivity index (χ3v) is 3.01. The molecule has 1 aromatic carbocycles. The summed E-state index contributed by atoms with van der Waals surface area (Å²) in [7, 11) is 0. The van der Waals surface area contributed by atoms with E-state index in [0.29, 0.717) is 18.1 Å². The van der Waals surface area contributed by atoms with E-state index in [1.54, 1.807) is 0 Å². The van der Waals surface area contributed by atoms with E-state index in [1.165, 1.54) is 5.56 Å². The monoisotopic (exact) mass is 259 g/mol. The first-order valence-corrected chi connectivity index (χ1v) is 6.18. The van der Waals surface area contributed by atoms with Crippen molar-refractivity contribution in [1.82, 2.24) is 15.2 Å². The summed E-state index contributed by atoms with van der Waals surface area (Å²) in [6.07, 6.45) is 0.423. The molecule has 0 fully saturated rings. The Kier molecular flexibility index (Phi) is 3.64. The fraction of sp³-hybridized carbons (Fsp3) is 0.357. The topological polar surface area (TPSA) is 78.9 Å². The fourth-order valence-corrected chi connectivity index (χ4v) is 2.28. The maximum atomic E-state index is 10.5. The molecule has 0 saturated heterocycles. The standard InChI is InChI=1S/C14H17N3O2/c1-8-6-9(2)13(10(3)7-8)14-15-11(16-17-14)4-5-12(18)19/h6-7H,4-5H2,1-3H3,(H,18,19)(H,15,16,17). The van der Waals surface area contributed by atoms with Gasteiger partial charge in [0.05, 0.1) is 6.42 Å². The van der Waals surface area contributed by atoms with Crippen molar-refractivity contribution in [1.29, 1.82) is 0 Å². The molecule has 0 amide bonds. The van der Waals surface area contributed by atoms with Crippen molar-refractivity contribution < 1.29 is 9.90 Å². The second-order valence-electron chi connectivity index (χ2n) is 4.77. The third-order valence-electron chi connectivity index (χ3n) is 3.01. The lowest BCUT2D eigenvalue weighted by Gasteiger charge is -2.07. The van der Waals surface area contributed by atoms with Gasteiger partial charge in [0.15, 0.2) is 5.82 Å². The molecule has 5 nitrogen and oxygen atoms in total. The molecular formula is C14H17N3O2. The zero-order valence-electron chi connectivity index (χ0n) is 11.3. The number of nitrogens with zero attached hydrogens (tertiary/aromatic N) is 2. The van der Waals surface area contributed by atoms with E-state index < -0.39 is 5.97 Å². The summed E-state index contributed by atoms with van der Waals surface area (Å²) in [5.41, 5.74) is 4.48. The molecule has 0 bridgehead atoms. The van der Waals surface area contributed by atoms with Crippen molar-refractivity contribution in [2.45, 2.75) is 33.6 Å². The van der Waals surface area contributed by atoms with Gasteiger partial charge in [-0.05, 0) is 31.9 Å². The zero-order valence-corrected chi connectivity index (χ0v) is 11.3. The van der Waals surface area contributed by atoms with Crippen LogP contribution in [0.2, 0.25) is 0 Å². The summed E-state index contributed by atoms with van der Waals surface area (Å²) in [6, 6.07) is 4.19. The minimum atomic E-state index is -0.833. The predicted molar refractivity (Wildman–Crippen MR) is 72.0 cm³/mol.